The summed E-state index contributed by atoms with van der Waals surface area (Å²) in [6.45, 7) is 0.888. The Morgan fingerprint density at radius 3 is 3.22 bits per heavy atom. The highest BCUT2D eigenvalue weighted by molar-refractivity contribution is 7.16. The lowest BCUT2D eigenvalue weighted by Gasteiger charge is -2.26. The predicted molar refractivity (Wildman–Crippen MR) is 73.9 cm³/mol. The number of aliphatic hydroxyl groups excluding tert-OH is 1. The van der Waals surface area contributed by atoms with Gasteiger partial charge in [0.2, 0.25) is 0 Å². The molecule has 1 fully saturated rings. The average Bonchev–Trinajstić information content (AvgIpc) is 2.85. The van der Waals surface area contributed by atoms with Gasteiger partial charge in [-0.3, -0.25) is 0 Å². The van der Waals surface area contributed by atoms with E-state index >= 15 is 0 Å². The number of hydrogen-bond acceptors (Lipinski definition) is 5. The minimum atomic E-state index is -0.114. The minimum Gasteiger partial charge on any atom is -0.393 e. The van der Waals surface area contributed by atoms with E-state index in [1.165, 1.54) is 6.42 Å². The van der Waals surface area contributed by atoms with Crippen LogP contribution in [0, 0.1) is 5.92 Å². The molecule has 2 aromatic heterocycles. The van der Waals surface area contributed by atoms with E-state index in [0.29, 0.717) is 5.92 Å². The predicted octanol–water partition coefficient (Wildman–Crippen LogP) is 2.65. The van der Waals surface area contributed by atoms with Gasteiger partial charge in [-0.25, -0.2) is 9.97 Å². The fourth-order valence-electron chi connectivity index (χ4n) is 2.62. The van der Waals surface area contributed by atoms with Crippen LogP contribution in [0.3, 0.4) is 0 Å². The fraction of sp³-hybridized carbons (Fsp3) is 0.538. The number of aliphatic hydroxyl groups is 1. The molecule has 0 spiro atoms. The molecule has 2 unspecified atom stereocenters. The second-order valence-electron chi connectivity index (χ2n) is 4.93. The number of thiophene rings is 1. The number of fused-ring (bicyclic) bond motifs is 1. The number of rotatable bonds is 3. The number of anilines is 1. The normalized spacial score (nSPS) is 24.3. The molecule has 0 amide bonds. The van der Waals surface area contributed by atoms with Crippen molar-refractivity contribution >= 4 is 27.4 Å². The van der Waals surface area contributed by atoms with E-state index in [1.807, 2.05) is 5.38 Å². The third-order valence-corrected chi connectivity index (χ3v) is 4.40. The van der Waals surface area contributed by atoms with Crippen molar-refractivity contribution in [3.05, 3.63) is 17.8 Å². The van der Waals surface area contributed by atoms with Crippen LogP contribution in [-0.4, -0.2) is 27.7 Å². The maximum absolute atomic E-state index is 9.66. The van der Waals surface area contributed by atoms with Crippen molar-refractivity contribution in [1.29, 1.82) is 0 Å². The number of aromatic nitrogens is 2. The van der Waals surface area contributed by atoms with E-state index in [2.05, 4.69) is 21.4 Å². The summed E-state index contributed by atoms with van der Waals surface area (Å²) in [6, 6.07) is 2.05. The van der Waals surface area contributed by atoms with Gasteiger partial charge in [-0.15, -0.1) is 11.3 Å². The van der Waals surface area contributed by atoms with Crippen LogP contribution < -0.4 is 5.32 Å². The lowest BCUT2D eigenvalue weighted by Crippen LogP contribution is -2.25. The first kappa shape index (κ1) is 11.9. The van der Waals surface area contributed by atoms with Crippen molar-refractivity contribution in [2.45, 2.75) is 31.8 Å². The SMILES string of the molecule is OC1CCCC(CNc2ncnc3sccc23)C1. The van der Waals surface area contributed by atoms with Crippen LogP contribution in [0.25, 0.3) is 10.2 Å². The molecular weight excluding hydrogens is 246 g/mol. The van der Waals surface area contributed by atoms with E-state index in [9.17, 15) is 5.11 Å². The van der Waals surface area contributed by atoms with Gasteiger partial charge in [-0.2, -0.15) is 0 Å². The Balaban J connectivity index is 1.67. The summed E-state index contributed by atoms with van der Waals surface area (Å²) in [5.74, 6) is 1.47. The molecular formula is C13H17N3OS. The second-order valence-corrected chi connectivity index (χ2v) is 5.82. The van der Waals surface area contributed by atoms with Crippen molar-refractivity contribution in [1.82, 2.24) is 9.97 Å². The molecule has 4 nitrogen and oxygen atoms in total. The third-order valence-electron chi connectivity index (χ3n) is 3.58. The Kier molecular flexibility index (Phi) is 3.43. The molecule has 0 saturated heterocycles. The molecule has 5 heteroatoms. The maximum Gasteiger partial charge on any atom is 0.138 e. The second kappa shape index (κ2) is 5.20. The van der Waals surface area contributed by atoms with Crippen LogP contribution in [0.4, 0.5) is 5.82 Å². The standard InChI is InChI=1S/C13H17N3OS/c17-10-3-1-2-9(6-10)7-14-12-11-4-5-18-13(11)16-8-15-12/h4-5,8-10,17H,1-3,6-7H2,(H,14,15,16). The quantitative estimate of drug-likeness (QED) is 0.894. The molecule has 1 aliphatic rings. The summed E-state index contributed by atoms with van der Waals surface area (Å²) < 4.78 is 0. The highest BCUT2D eigenvalue weighted by Gasteiger charge is 2.20. The van der Waals surface area contributed by atoms with Gasteiger partial charge in [0.15, 0.2) is 0 Å². The van der Waals surface area contributed by atoms with Crippen molar-refractivity contribution in [2.24, 2.45) is 5.92 Å². The molecule has 96 valence electrons. The summed E-state index contributed by atoms with van der Waals surface area (Å²) in [6.07, 6.45) is 5.69. The zero-order valence-electron chi connectivity index (χ0n) is 10.2. The first-order valence-electron chi connectivity index (χ1n) is 6.43. The molecule has 2 heterocycles. The van der Waals surface area contributed by atoms with Gasteiger partial charge >= 0.3 is 0 Å². The lowest BCUT2D eigenvalue weighted by molar-refractivity contribution is 0.104. The van der Waals surface area contributed by atoms with Crippen LogP contribution >= 0.6 is 11.3 Å². The highest BCUT2D eigenvalue weighted by atomic mass is 32.1. The van der Waals surface area contributed by atoms with Gasteiger partial charge < -0.3 is 10.4 Å². The summed E-state index contributed by atoms with van der Waals surface area (Å²) in [5.41, 5.74) is 0. The third kappa shape index (κ3) is 2.47. The van der Waals surface area contributed by atoms with Crippen molar-refractivity contribution in [3.63, 3.8) is 0 Å². The van der Waals surface area contributed by atoms with Crippen molar-refractivity contribution in [2.75, 3.05) is 11.9 Å². The van der Waals surface area contributed by atoms with E-state index in [4.69, 9.17) is 0 Å². The number of hydrogen-bond donors (Lipinski definition) is 2. The van der Waals surface area contributed by atoms with Crippen LogP contribution in [0.5, 0.6) is 0 Å². The molecule has 18 heavy (non-hydrogen) atoms. The highest BCUT2D eigenvalue weighted by Crippen LogP contribution is 2.27. The summed E-state index contributed by atoms with van der Waals surface area (Å²) in [7, 11) is 0. The topological polar surface area (TPSA) is 58.0 Å². The van der Waals surface area contributed by atoms with Crippen LogP contribution in [-0.2, 0) is 0 Å². The van der Waals surface area contributed by atoms with Gasteiger partial charge in [-0.1, -0.05) is 6.42 Å². The van der Waals surface area contributed by atoms with E-state index in [1.54, 1.807) is 17.7 Å². The van der Waals surface area contributed by atoms with E-state index < -0.39 is 0 Å². The molecule has 0 aliphatic heterocycles. The smallest absolute Gasteiger partial charge is 0.138 e. The largest absolute Gasteiger partial charge is 0.393 e. The molecule has 0 bridgehead atoms. The molecule has 0 aromatic carbocycles. The Bertz CT molecular complexity index is 528. The van der Waals surface area contributed by atoms with Gasteiger partial charge in [0, 0.05) is 6.54 Å². The van der Waals surface area contributed by atoms with Gasteiger partial charge in [-0.05, 0) is 36.6 Å². The molecule has 2 atom stereocenters. The molecule has 2 aromatic rings. The molecule has 1 saturated carbocycles. The first-order valence-corrected chi connectivity index (χ1v) is 7.31. The zero-order chi connectivity index (χ0) is 12.4. The Labute approximate surface area is 110 Å². The monoisotopic (exact) mass is 263 g/mol. The fourth-order valence-corrected chi connectivity index (χ4v) is 3.35. The first-order chi connectivity index (χ1) is 8.83. The number of nitrogens with zero attached hydrogens (tertiary/aromatic N) is 2. The molecule has 0 radical (unpaired) electrons. The van der Waals surface area contributed by atoms with E-state index in [-0.39, 0.29) is 6.10 Å². The molecule has 3 rings (SSSR count). The Morgan fingerprint density at radius 2 is 2.33 bits per heavy atom. The summed E-state index contributed by atoms with van der Waals surface area (Å²) >= 11 is 1.63. The van der Waals surface area contributed by atoms with Crippen LogP contribution in [0.1, 0.15) is 25.7 Å². The van der Waals surface area contributed by atoms with Crippen LogP contribution in [0.2, 0.25) is 0 Å². The van der Waals surface area contributed by atoms with Gasteiger partial charge in [0.25, 0.3) is 0 Å². The van der Waals surface area contributed by atoms with Crippen LogP contribution in [0.15, 0.2) is 17.8 Å². The lowest BCUT2D eigenvalue weighted by atomic mass is 9.87. The molecule has 2 N–H and O–H groups in total. The Hall–Kier alpha value is -1.20. The summed E-state index contributed by atoms with van der Waals surface area (Å²) in [4.78, 5) is 9.56. The average molecular weight is 263 g/mol. The van der Waals surface area contributed by atoms with Crippen molar-refractivity contribution in [3.8, 4) is 0 Å². The zero-order valence-corrected chi connectivity index (χ0v) is 11.0. The molecule has 1 aliphatic carbocycles. The maximum atomic E-state index is 9.66. The van der Waals surface area contributed by atoms with E-state index in [0.717, 1.165) is 41.8 Å². The summed E-state index contributed by atoms with van der Waals surface area (Å²) in [5, 5.41) is 16.2. The minimum absolute atomic E-state index is 0.114. The van der Waals surface area contributed by atoms with Gasteiger partial charge in [0.05, 0.1) is 11.5 Å². The number of nitrogens with one attached hydrogen (secondary N) is 1. The van der Waals surface area contributed by atoms with Crippen molar-refractivity contribution < 1.29 is 5.11 Å². The Morgan fingerprint density at radius 1 is 1.39 bits per heavy atom. The van der Waals surface area contributed by atoms with Gasteiger partial charge in [0.1, 0.15) is 17.0 Å².